The minimum absolute atomic E-state index is 0.0189. The third-order valence-electron chi connectivity index (χ3n) is 3.31. The van der Waals surface area contributed by atoms with Gasteiger partial charge in [0.2, 0.25) is 0 Å². The van der Waals surface area contributed by atoms with Crippen LogP contribution in [0, 0.1) is 0 Å². The van der Waals surface area contributed by atoms with Gasteiger partial charge in [-0.2, -0.15) is 0 Å². The van der Waals surface area contributed by atoms with E-state index in [2.05, 4.69) is 4.98 Å². The van der Waals surface area contributed by atoms with Crippen molar-refractivity contribution in [2.75, 3.05) is 20.3 Å². The Bertz CT molecular complexity index is 534. The molecule has 0 saturated carbocycles. The second-order valence-corrected chi connectivity index (χ2v) is 5.34. The topological polar surface area (TPSA) is 46.8 Å². The lowest BCUT2D eigenvalue weighted by Gasteiger charge is -2.23. The zero-order chi connectivity index (χ0) is 12.5. The minimum atomic E-state index is 0.0189. The summed E-state index contributed by atoms with van der Waals surface area (Å²) in [5.74, 6) is 0.0189. The first-order valence-corrected chi connectivity index (χ1v) is 6.89. The third kappa shape index (κ3) is 1.91. The van der Waals surface area contributed by atoms with Crippen molar-refractivity contribution in [2.24, 2.45) is 0 Å². The van der Waals surface area contributed by atoms with Crippen molar-refractivity contribution in [3.8, 4) is 0 Å². The first kappa shape index (κ1) is 11.7. The van der Waals surface area contributed by atoms with E-state index in [0.29, 0.717) is 12.3 Å². The maximum absolute atomic E-state index is 12.4. The molecule has 6 heteroatoms. The molecule has 1 fully saturated rings. The van der Waals surface area contributed by atoms with Gasteiger partial charge in [-0.3, -0.25) is 9.20 Å². The fourth-order valence-electron chi connectivity index (χ4n) is 2.45. The molecule has 1 saturated heterocycles. The smallest absolute Gasteiger partial charge is 0.274 e. The van der Waals surface area contributed by atoms with Crippen LogP contribution in [0.5, 0.6) is 0 Å². The predicted octanol–water partition coefficient (Wildman–Crippen LogP) is 1.65. The van der Waals surface area contributed by atoms with Gasteiger partial charge in [0.15, 0.2) is 4.96 Å². The maximum atomic E-state index is 12.4. The van der Waals surface area contributed by atoms with Gasteiger partial charge in [0.05, 0.1) is 12.6 Å². The van der Waals surface area contributed by atoms with Crippen LogP contribution in [0.4, 0.5) is 0 Å². The maximum Gasteiger partial charge on any atom is 0.274 e. The number of carbonyl (C=O) groups excluding carboxylic acids is 1. The van der Waals surface area contributed by atoms with Crippen molar-refractivity contribution in [3.05, 3.63) is 23.5 Å². The van der Waals surface area contributed by atoms with E-state index >= 15 is 0 Å². The Kier molecular flexibility index (Phi) is 3.05. The molecule has 0 aliphatic carbocycles. The van der Waals surface area contributed by atoms with Crippen molar-refractivity contribution in [1.82, 2.24) is 14.3 Å². The summed E-state index contributed by atoms with van der Waals surface area (Å²) in [4.78, 5) is 19.5. The summed E-state index contributed by atoms with van der Waals surface area (Å²) in [5, 5.41) is 1.96. The molecule has 0 unspecified atom stereocenters. The van der Waals surface area contributed by atoms with Crippen molar-refractivity contribution in [3.63, 3.8) is 0 Å². The fourth-order valence-corrected chi connectivity index (χ4v) is 3.15. The van der Waals surface area contributed by atoms with Gasteiger partial charge in [0.1, 0.15) is 5.69 Å². The van der Waals surface area contributed by atoms with Crippen LogP contribution in [0.3, 0.4) is 0 Å². The Morgan fingerprint density at radius 2 is 2.56 bits per heavy atom. The number of likely N-dealkylation sites (tertiary alicyclic amines) is 1. The molecule has 1 aliphatic heterocycles. The Morgan fingerprint density at radius 3 is 3.33 bits per heavy atom. The number of thiazole rings is 1. The van der Waals surface area contributed by atoms with E-state index in [1.165, 1.54) is 11.3 Å². The Balaban J connectivity index is 1.83. The molecule has 0 spiro atoms. The van der Waals surface area contributed by atoms with Gasteiger partial charge in [-0.1, -0.05) is 0 Å². The lowest BCUT2D eigenvalue weighted by Crippen LogP contribution is -2.38. The highest BCUT2D eigenvalue weighted by Gasteiger charge is 2.30. The normalized spacial score (nSPS) is 19.8. The second kappa shape index (κ2) is 4.70. The number of carbonyl (C=O) groups is 1. The summed E-state index contributed by atoms with van der Waals surface area (Å²) < 4.78 is 7.06. The highest BCUT2D eigenvalue weighted by molar-refractivity contribution is 7.15. The van der Waals surface area contributed by atoms with Gasteiger partial charge in [0, 0.05) is 31.4 Å². The molecule has 1 aliphatic rings. The Labute approximate surface area is 109 Å². The number of rotatable bonds is 3. The molecule has 2 aromatic heterocycles. The monoisotopic (exact) mass is 265 g/mol. The number of nitrogens with zero attached hydrogens (tertiary/aromatic N) is 3. The van der Waals surface area contributed by atoms with Crippen LogP contribution in [-0.4, -0.2) is 46.5 Å². The SMILES string of the molecule is COC[C@H]1CCCN1C(=O)c1cn2ccsc2n1. The third-order valence-corrected chi connectivity index (χ3v) is 4.08. The van der Waals surface area contributed by atoms with Gasteiger partial charge in [0.25, 0.3) is 5.91 Å². The molecule has 1 atom stereocenters. The van der Waals surface area contributed by atoms with Crippen molar-refractivity contribution in [1.29, 1.82) is 0 Å². The first-order chi connectivity index (χ1) is 8.79. The molecule has 2 aromatic rings. The standard InChI is InChI=1S/C12H15N3O2S/c1-17-8-9-3-2-4-15(9)11(16)10-7-14-5-6-18-12(14)13-10/h5-7,9H,2-4,8H2,1H3/t9-/m1/s1. The first-order valence-electron chi connectivity index (χ1n) is 6.01. The zero-order valence-corrected chi connectivity index (χ0v) is 11.0. The van der Waals surface area contributed by atoms with E-state index in [9.17, 15) is 4.79 Å². The van der Waals surface area contributed by atoms with Crippen molar-refractivity contribution >= 4 is 22.2 Å². The van der Waals surface area contributed by atoms with E-state index in [1.807, 2.05) is 20.9 Å². The van der Waals surface area contributed by atoms with E-state index in [4.69, 9.17) is 4.74 Å². The molecular formula is C12H15N3O2S. The number of fused-ring (bicyclic) bond motifs is 1. The number of hydrogen-bond acceptors (Lipinski definition) is 4. The van der Waals surface area contributed by atoms with Crippen LogP contribution >= 0.6 is 11.3 Å². The van der Waals surface area contributed by atoms with Crippen LogP contribution < -0.4 is 0 Å². The average molecular weight is 265 g/mol. The molecule has 0 N–H and O–H groups in total. The lowest BCUT2D eigenvalue weighted by atomic mass is 10.2. The number of amides is 1. The summed E-state index contributed by atoms with van der Waals surface area (Å²) in [5.41, 5.74) is 0.532. The van der Waals surface area contributed by atoms with Crippen molar-refractivity contribution in [2.45, 2.75) is 18.9 Å². The second-order valence-electron chi connectivity index (χ2n) is 4.47. The summed E-state index contributed by atoms with van der Waals surface area (Å²) >= 11 is 1.54. The quantitative estimate of drug-likeness (QED) is 0.847. The largest absolute Gasteiger partial charge is 0.383 e. The Morgan fingerprint density at radius 1 is 1.67 bits per heavy atom. The van der Waals surface area contributed by atoms with E-state index < -0.39 is 0 Å². The molecule has 0 aromatic carbocycles. The number of ether oxygens (including phenoxy) is 1. The van der Waals surface area contributed by atoms with Crippen LogP contribution in [0.2, 0.25) is 0 Å². The predicted molar refractivity (Wildman–Crippen MR) is 69.0 cm³/mol. The molecule has 3 rings (SSSR count). The molecule has 5 nitrogen and oxygen atoms in total. The molecular weight excluding hydrogens is 250 g/mol. The zero-order valence-electron chi connectivity index (χ0n) is 10.2. The van der Waals surface area contributed by atoms with Crippen LogP contribution in [-0.2, 0) is 4.74 Å². The molecule has 3 heterocycles. The summed E-state index contributed by atoms with van der Waals surface area (Å²) in [7, 11) is 1.67. The summed E-state index contributed by atoms with van der Waals surface area (Å²) in [6.45, 7) is 1.41. The van der Waals surface area contributed by atoms with Crippen LogP contribution in [0.25, 0.3) is 4.96 Å². The number of methoxy groups -OCH3 is 1. The van der Waals surface area contributed by atoms with Gasteiger partial charge in [-0.15, -0.1) is 11.3 Å². The molecule has 0 bridgehead atoms. The number of aromatic nitrogens is 2. The van der Waals surface area contributed by atoms with E-state index in [0.717, 1.165) is 24.3 Å². The average Bonchev–Trinajstić information content (AvgIpc) is 3.02. The summed E-state index contributed by atoms with van der Waals surface area (Å²) in [6, 6.07) is 0.197. The van der Waals surface area contributed by atoms with Crippen LogP contribution in [0.15, 0.2) is 17.8 Å². The fraction of sp³-hybridized carbons (Fsp3) is 0.500. The lowest BCUT2D eigenvalue weighted by molar-refractivity contribution is 0.0626. The van der Waals surface area contributed by atoms with Gasteiger partial charge in [-0.05, 0) is 12.8 Å². The number of imidazole rings is 1. The highest BCUT2D eigenvalue weighted by Crippen LogP contribution is 2.21. The minimum Gasteiger partial charge on any atom is -0.383 e. The van der Waals surface area contributed by atoms with E-state index in [-0.39, 0.29) is 11.9 Å². The highest BCUT2D eigenvalue weighted by atomic mass is 32.1. The Hall–Kier alpha value is -1.40. The van der Waals surface area contributed by atoms with Gasteiger partial charge in [-0.25, -0.2) is 4.98 Å². The van der Waals surface area contributed by atoms with Crippen molar-refractivity contribution < 1.29 is 9.53 Å². The van der Waals surface area contributed by atoms with E-state index in [1.54, 1.807) is 13.3 Å². The molecule has 18 heavy (non-hydrogen) atoms. The summed E-state index contributed by atoms with van der Waals surface area (Å²) in [6.07, 6.45) is 5.78. The van der Waals surface area contributed by atoms with Gasteiger partial charge < -0.3 is 9.64 Å². The van der Waals surface area contributed by atoms with Crippen LogP contribution in [0.1, 0.15) is 23.3 Å². The molecule has 0 radical (unpaired) electrons. The molecule has 1 amide bonds. The number of hydrogen-bond donors (Lipinski definition) is 0. The van der Waals surface area contributed by atoms with Gasteiger partial charge >= 0.3 is 0 Å². The molecule has 96 valence electrons.